The molecule has 0 atom stereocenters. The van der Waals surface area contributed by atoms with E-state index in [4.69, 9.17) is 4.98 Å². The summed E-state index contributed by atoms with van der Waals surface area (Å²) in [5.74, 6) is 0. The average molecular weight is 236 g/mol. The van der Waals surface area contributed by atoms with Crippen LogP contribution in [0.5, 0.6) is 0 Å². The lowest BCUT2D eigenvalue weighted by Crippen LogP contribution is -2.38. The van der Waals surface area contributed by atoms with E-state index in [9.17, 15) is 0 Å². The number of rotatable bonds is 3. The molecule has 1 saturated carbocycles. The third-order valence-electron chi connectivity index (χ3n) is 4.01. The molecule has 88 valence electrons. The maximum atomic E-state index is 4.74. The maximum Gasteiger partial charge on any atom is 0.107 e. The van der Waals surface area contributed by atoms with Crippen LogP contribution in [0.15, 0.2) is 0 Å². The first-order valence-corrected chi connectivity index (χ1v) is 7.29. The second-order valence-corrected chi connectivity index (χ2v) is 6.62. The highest BCUT2D eigenvalue weighted by Crippen LogP contribution is 2.31. The standard InChI is InChI=1S/C13H20N2S/c1-13(7-2-3-8-13)14-9-12-15-10-5-4-6-11(10)16-12/h14H,2-9H2,1H3. The Morgan fingerprint density at radius 3 is 2.81 bits per heavy atom. The molecule has 0 spiro atoms. The topological polar surface area (TPSA) is 24.9 Å². The third-order valence-corrected chi connectivity index (χ3v) is 5.17. The predicted molar refractivity (Wildman–Crippen MR) is 67.9 cm³/mol. The van der Waals surface area contributed by atoms with Crippen LogP contribution in [-0.4, -0.2) is 10.5 Å². The van der Waals surface area contributed by atoms with E-state index in [-0.39, 0.29) is 0 Å². The largest absolute Gasteiger partial charge is 0.305 e. The Morgan fingerprint density at radius 1 is 1.25 bits per heavy atom. The first-order valence-electron chi connectivity index (χ1n) is 6.48. The van der Waals surface area contributed by atoms with E-state index in [0.717, 1.165) is 6.54 Å². The van der Waals surface area contributed by atoms with Gasteiger partial charge in [0.1, 0.15) is 5.01 Å². The highest BCUT2D eigenvalue weighted by atomic mass is 32.1. The molecule has 2 aliphatic rings. The van der Waals surface area contributed by atoms with Gasteiger partial charge in [-0.3, -0.25) is 0 Å². The molecule has 3 rings (SSSR count). The fourth-order valence-corrected chi connectivity index (χ4v) is 4.04. The Kier molecular flexibility index (Phi) is 2.76. The lowest BCUT2D eigenvalue weighted by atomic mass is 10.0. The van der Waals surface area contributed by atoms with Crippen LogP contribution in [-0.2, 0) is 19.4 Å². The fraction of sp³-hybridized carbons (Fsp3) is 0.769. The van der Waals surface area contributed by atoms with E-state index >= 15 is 0 Å². The van der Waals surface area contributed by atoms with Crippen molar-refractivity contribution in [2.75, 3.05) is 0 Å². The second-order valence-electron chi connectivity index (χ2n) is 5.45. The Labute approximate surface area is 101 Å². The number of hydrogen-bond acceptors (Lipinski definition) is 3. The summed E-state index contributed by atoms with van der Waals surface area (Å²) in [4.78, 5) is 6.29. The van der Waals surface area contributed by atoms with Gasteiger partial charge in [0.15, 0.2) is 0 Å². The van der Waals surface area contributed by atoms with E-state index in [2.05, 4.69) is 12.2 Å². The second kappa shape index (κ2) is 4.11. The average Bonchev–Trinajstić information content (AvgIpc) is 2.89. The molecule has 0 bridgehead atoms. The molecular formula is C13H20N2S. The highest BCUT2D eigenvalue weighted by molar-refractivity contribution is 7.11. The Hall–Kier alpha value is -0.410. The van der Waals surface area contributed by atoms with Crippen molar-refractivity contribution in [1.29, 1.82) is 0 Å². The molecule has 0 aromatic carbocycles. The molecule has 1 heterocycles. The van der Waals surface area contributed by atoms with Crippen molar-refractivity contribution in [2.24, 2.45) is 0 Å². The molecule has 1 aromatic heterocycles. The molecule has 2 aliphatic carbocycles. The first kappa shape index (κ1) is 10.7. The number of thiazole rings is 1. The van der Waals surface area contributed by atoms with Crippen molar-refractivity contribution in [2.45, 2.75) is 64.0 Å². The van der Waals surface area contributed by atoms with Gasteiger partial charge in [-0.2, -0.15) is 0 Å². The summed E-state index contributed by atoms with van der Waals surface area (Å²) in [6, 6.07) is 0. The van der Waals surface area contributed by atoms with Gasteiger partial charge in [-0.25, -0.2) is 4.98 Å². The molecule has 0 aliphatic heterocycles. The monoisotopic (exact) mass is 236 g/mol. The third kappa shape index (κ3) is 2.03. The predicted octanol–water partition coefficient (Wildman–Crippen LogP) is 3.05. The van der Waals surface area contributed by atoms with Gasteiger partial charge >= 0.3 is 0 Å². The molecule has 1 fully saturated rings. The zero-order valence-electron chi connectivity index (χ0n) is 10.0. The summed E-state index contributed by atoms with van der Waals surface area (Å²) in [6.07, 6.45) is 9.23. The van der Waals surface area contributed by atoms with Crippen molar-refractivity contribution < 1.29 is 0 Å². The van der Waals surface area contributed by atoms with Crippen molar-refractivity contribution in [3.63, 3.8) is 0 Å². The van der Waals surface area contributed by atoms with Gasteiger partial charge in [0.2, 0.25) is 0 Å². The van der Waals surface area contributed by atoms with Crippen LogP contribution in [0.1, 0.15) is 54.6 Å². The van der Waals surface area contributed by atoms with Gasteiger partial charge in [-0.05, 0) is 39.0 Å². The summed E-state index contributed by atoms with van der Waals surface area (Å²) in [7, 11) is 0. The lowest BCUT2D eigenvalue weighted by Gasteiger charge is -2.24. The molecule has 2 nitrogen and oxygen atoms in total. The van der Waals surface area contributed by atoms with Crippen molar-refractivity contribution >= 4 is 11.3 Å². The minimum absolute atomic E-state index is 0.385. The number of aryl methyl sites for hydroxylation is 2. The number of aromatic nitrogens is 1. The molecule has 0 unspecified atom stereocenters. The van der Waals surface area contributed by atoms with Gasteiger partial charge in [0.25, 0.3) is 0 Å². The number of nitrogens with one attached hydrogen (secondary N) is 1. The van der Waals surface area contributed by atoms with Crippen LogP contribution in [0.4, 0.5) is 0 Å². The normalized spacial score (nSPS) is 22.6. The minimum Gasteiger partial charge on any atom is -0.305 e. The van der Waals surface area contributed by atoms with Crippen molar-refractivity contribution in [3.05, 3.63) is 15.6 Å². The van der Waals surface area contributed by atoms with E-state index in [1.165, 1.54) is 55.6 Å². The van der Waals surface area contributed by atoms with Gasteiger partial charge < -0.3 is 5.32 Å². The summed E-state index contributed by atoms with van der Waals surface area (Å²) in [5, 5.41) is 5.01. The SMILES string of the molecule is CC1(NCc2nc3c(s2)CCC3)CCCC1. The molecule has 1 aromatic rings. The molecular weight excluding hydrogens is 216 g/mol. The van der Waals surface area contributed by atoms with Gasteiger partial charge in [-0.15, -0.1) is 11.3 Å². The first-order chi connectivity index (χ1) is 7.75. The molecule has 0 amide bonds. The van der Waals surface area contributed by atoms with Gasteiger partial charge in [0.05, 0.1) is 5.69 Å². The van der Waals surface area contributed by atoms with Crippen LogP contribution < -0.4 is 5.32 Å². The van der Waals surface area contributed by atoms with Crippen LogP contribution in [0.2, 0.25) is 0 Å². The lowest BCUT2D eigenvalue weighted by molar-refractivity contribution is 0.362. The van der Waals surface area contributed by atoms with E-state index in [0.29, 0.717) is 5.54 Å². The van der Waals surface area contributed by atoms with Gasteiger partial charge in [0, 0.05) is 17.0 Å². The van der Waals surface area contributed by atoms with Crippen LogP contribution in [0.3, 0.4) is 0 Å². The number of hydrogen-bond donors (Lipinski definition) is 1. The van der Waals surface area contributed by atoms with Crippen molar-refractivity contribution in [3.8, 4) is 0 Å². The molecule has 1 N–H and O–H groups in total. The van der Waals surface area contributed by atoms with Crippen LogP contribution in [0, 0.1) is 0 Å². The summed E-state index contributed by atoms with van der Waals surface area (Å²) >= 11 is 1.93. The maximum absolute atomic E-state index is 4.74. The van der Waals surface area contributed by atoms with E-state index < -0.39 is 0 Å². The summed E-state index contributed by atoms with van der Waals surface area (Å²) < 4.78 is 0. The van der Waals surface area contributed by atoms with Crippen LogP contribution in [0.25, 0.3) is 0 Å². The highest BCUT2D eigenvalue weighted by Gasteiger charge is 2.28. The zero-order valence-corrected chi connectivity index (χ0v) is 10.8. The summed E-state index contributed by atoms with van der Waals surface area (Å²) in [5.41, 5.74) is 1.77. The molecule has 0 saturated heterocycles. The fourth-order valence-electron chi connectivity index (χ4n) is 2.94. The quantitative estimate of drug-likeness (QED) is 0.872. The Balaban J connectivity index is 1.62. The number of nitrogens with zero attached hydrogens (tertiary/aromatic N) is 1. The smallest absolute Gasteiger partial charge is 0.107 e. The van der Waals surface area contributed by atoms with Crippen LogP contribution >= 0.6 is 11.3 Å². The zero-order chi connectivity index (χ0) is 11.0. The Bertz CT molecular complexity index is 356. The van der Waals surface area contributed by atoms with E-state index in [1.807, 2.05) is 11.3 Å². The summed E-state index contributed by atoms with van der Waals surface area (Å²) in [6.45, 7) is 3.34. The van der Waals surface area contributed by atoms with E-state index in [1.54, 1.807) is 4.88 Å². The van der Waals surface area contributed by atoms with Crippen molar-refractivity contribution in [1.82, 2.24) is 10.3 Å². The molecule has 16 heavy (non-hydrogen) atoms. The molecule has 3 heteroatoms. The Morgan fingerprint density at radius 2 is 2.06 bits per heavy atom. The van der Waals surface area contributed by atoms with Gasteiger partial charge in [-0.1, -0.05) is 12.8 Å². The minimum atomic E-state index is 0.385. The molecule has 0 radical (unpaired) electrons. The number of fused-ring (bicyclic) bond motifs is 1.